The standard InChI is InChI=1S/C22H19Cl2N3O/c1-26(18-10-6-3-7-11-18)22(15-23)25-20-13-12-17(24)14-19(20)21(27(22)28)16-8-4-2-5-9-16/h2-14,28H,15H2,1H3. The van der Waals surface area contributed by atoms with Gasteiger partial charge in [-0.15, -0.1) is 11.6 Å². The monoisotopic (exact) mass is 411 g/mol. The van der Waals surface area contributed by atoms with E-state index in [-0.39, 0.29) is 5.88 Å². The van der Waals surface area contributed by atoms with Gasteiger partial charge in [0.25, 0.3) is 0 Å². The van der Waals surface area contributed by atoms with E-state index >= 15 is 0 Å². The van der Waals surface area contributed by atoms with Crippen LogP contribution in [0, 0.1) is 0 Å². The number of hydrogen-bond donors (Lipinski definition) is 1. The molecule has 0 radical (unpaired) electrons. The zero-order chi connectivity index (χ0) is 19.7. The number of alkyl halides is 1. The fraction of sp³-hybridized carbons (Fsp3) is 0.136. The number of para-hydroxylation sites is 1. The summed E-state index contributed by atoms with van der Waals surface area (Å²) in [7, 11) is 1.87. The first kappa shape index (κ1) is 18.8. The number of anilines is 1. The molecule has 1 aliphatic rings. The van der Waals surface area contributed by atoms with Crippen LogP contribution in [0.25, 0.3) is 5.70 Å². The van der Waals surface area contributed by atoms with Gasteiger partial charge in [0.15, 0.2) is 0 Å². The molecule has 142 valence electrons. The second-order valence-corrected chi connectivity index (χ2v) is 7.31. The lowest BCUT2D eigenvalue weighted by Gasteiger charge is -2.46. The fourth-order valence-electron chi connectivity index (χ4n) is 3.45. The van der Waals surface area contributed by atoms with Crippen LogP contribution in [0.15, 0.2) is 83.9 Å². The third kappa shape index (κ3) is 3.04. The molecule has 0 fully saturated rings. The van der Waals surface area contributed by atoms with Crippen molar-refractivity contribution in [3.05, 3.63) is 100 Å². The van der Waals surface area contributed by atoms with Crippen LogP contribution < -0.4 is 15.5 Å². The van der Waals surface area contributed by atoms with Gasteiger partial charge in [0.2, 0.25) is 5.79 Å². The summed E-state index contributed by atoms with van der Waals surface area (Å²) in [4.78, 5) is 6.74. The van der Waals surface area contributed by atoms with Gasteiger partial charge in [0.05, 0.1) is 16.9 Å². The van der Waals surface area contributed by atoms with Gasteiger partial charge in [-0.2, -0.15) is 0 Å². The Kier molecular flexibility index (Phi) is 5.02. The molecule has 0 saturated carbocycles. The quantitative estimate of drug-likeness (QED) is 0.662. The van der Waals surface area contributed by atoms with Crippen molar-refractivity contribution in [3.8, 4) is 0 Å². The normalized spacial score (nSPS) is 18.4. The lowest BCUT2D eigenvalue weighted by atomic mass is 10.0. The minimum absolute atomic E-state index is 0.0489. The van der Waals surface area contributed by atoms with E-state index in [1.54, 1.807) is 6.07 Å². The molecule has 0 aromatic heterocycles. The molecule has 28 heavy (non-hydrogen) atoms. The fourth-order valence-corrected chi connectivity index (χ4v) is 3.98. The van der Waals surface area contributed by atoms with Crippen molar-refractivity contribution < 1.29 is 5.21 Å². The number of hydroxylamine groups is 2. The van der Waals surface area contributed by atoms with Gasteiger partial charge in [-0.05, 0) is 30.3 Å². The summed E-state index contributed by atoms with van der Waals surface area (Å²) < 4.78 is 0. The van der Waals surface area contributed by atoms with E-state index in [4.69, 9.17) is 28.2 Å². The summed E-state index contributed by atoms with van der Waals surface area (Å²) in [5.74, 6) is -1.16. The Morgan fingerprint density at radius 3 is 2.29 bits per heavy atom. The molecule has 1 N–H and O–H groups in total. The summed E-state index contributed by atoms with van der Waals surface area (Å²) in [5, 5.41) is 14.6. The maximum atomic E-state index is 11.4. The Morgan fingerprint density at radius 2 is 1.64 bits per heavy atom. The third-order valence-corrected chi connectivity index (χ3v) is 5.57. The smallest absolute Gasteiger partial charge is 0.246 e. The number of benzene rings is 3. The molecule has 3 aromatic rings. The second-order valence-electron chi connectivity index (χ2n) is 6.60. The number of fused-ring (bicyclic) bond motifs is 1. The largest absolute Gasteiger partial charge is 0.331 e. The summed E-state index contributed by atoms with van der Waals surface area (Å²) in [6.07, 6.45) is 0. The molecule has 4 rings (SSSR count). The molecule has 0 aliphatic carbocycles. The average Bonchev–Trinajstić information content (AvgIpc) is 2.74. The van der Waals surface area contributed by atoms with E-state index in [2.05, 4.69) is 0 Å². The van der Waals surface area contributed by atoms with Crippen molar-refractivity contribution in [3.63, 3.8) is 0 Å². The third-order valence-electron chi connectivity index (χ3n) is 4.97. The molecule has 3 aromatic carbocycles. The van der Waals surface area contributed by atoms with Crippen LogP contribution in [0.1, 0.15) is 5.56 Å². The first-order valence-corrected chi connectivity index (χ1v) is 9.77. The van der Waals surface area contributed by atoms with E-state index in [1.165, 1.54) is 0 Å². The molecule has 0 bridgehead atoms. The van der Waals surface area contributed by atoms with Gasteiger partial charge in [0, 0.05) is 28.5 Å². The van der Waals surface area contributed by atoms with Crippen molar-refractivity contribution >= 4 is 34.6 Å². The Morgan fingerprint density at radius 1 is 1.00 bits per heavy atom. The number of halogens is 2. The van der Waals surface area contributed by atoms with Crippen molar-refractivity contribution in [2.45, 2.75) is 5.79 Å². The van der Waals surface area contributed by atoms with Gasteiger partial charge in [0.1, 0.15) is 0 Å². The minimum Gasteiger partial charge on any atom is -0.331 e. The van der Waals surface area contributed by atoms with Crippen molar-refractivity contribution in [1.29, 1.82) is 0 Å². The predicted molar refractivity (Wildman–Crippen MR) is 113 cm³/mol. The molecule has 1 atom stereocenters. The van der Waals surface area contributed by atoms with Crippen LogP contribution >= 0.6 is 23.2 Å². The highest BCUT2D eigenvalue weighted by Gasteiger charge is 2.43. The van der Waals surface area contributed by atoms with E-state index in [9.17, 15) is 5.21 Å². The molecule has 1 heterocycles. The summed E-state index contributed by atoms with van der Waals surface area (Å²) in [5.41, 5.74) is 2.34. The Balaban J connectivity index is 2.01. The number of hydrogen-bond acceptors (Lipinski definition) is 4. The zero-order valence-electron chi connectivity index (χ0n) is 15.3. The molecule has 6 heteroatoms. The second kappa shape index (κ2) is 7.47. The highest BCUT2D eigenvalue weighted by molar-refractivity contribution is 6.30. The van der Waals surface area contributed by atoms with Crippen LogP contribution in [-0.4, -0.2) is 29.0 Å². The highest BCUT2D eigenvalue weighted by atomic mass is 35.5. The molecule has 1 aliphatic heterocycles. The molecule has 0 amide bonds. The highest BCUT2D eigenvalue weighted by Crippen LogP contribution is 2.33. The van der Waals surface area contributed by atoms with E-state index in [0.717, 1.165) is 26.9 Å². The van der Waals surface area contributed by atoms with Crippen LogP contribution in [0.2, 0.25) is 5.02 Å². The number of rotatable bonds is 4. The van der Waals surface area contributed by atoms with Crippen LogP contribution in [-0.2, 0) is 0 Å². The van der Waals surface area contributed by atoms with E-state index < -0.39 is 5.79 Å². The van der Waals surface area contributed by atoms with Crippen LogP contribution in [0.3, 0.4) is 0 Å². The average molecular weight is 412 g/mol. The maximum Gasteiger partial charge on any atom is 0.246 e. The minimum atomic E-state index is -1.21. The van der Waals surface area contributed by atoms with Gasteiger partial charge >= 0.3 is 0 Å². The summed E-state index contributed by atoms with van der Waals surface area (Å²) >= 11 is 12.7. The van der Waals surface area contributed by atoms with E-state index in [0.29, 0.717) is 10.7 Å². The van der Waals surface area contributed by atoms with Gasteiger partial charge in [-0.3, -0.25) is 5.21 Å². The summed E-state index contributed by atoms with van der Waals surface area (Å²) in [6, 6.07) is 24.9. The van der Waals surface area contributed by atoms with E-state index in [1.807, 2.05) is 84.7 Å². The molecule has 1 unspecified atom stereocenters. The zero-order valence-corrected chi connectivity index (χ0v) is 16.8. The first-order chi connectivity index (χ1) is 13.6. The van der Waals surface area contributed by atoms with Crippen LogP contribution in [0.5, 0.6) is 0 Å². The van der Waals surface area contributed by atoms with Crippen molar-refractivity contribution in [1.82, 2.24) is 5.06 Å². The topological polar surface area (TPSA) is 39.1 Å². The van der Waals surface area contributed by atoms with Crippen molar-refractivity contribution in [2.24, 2.45) is 4.99 Å². The van der Waals surface area contributed by atoms with Crippen molar-refractivity contribution in [2.75, 3.05) is 17.8 Å². The van der Waals surface area contributed by atoms with Crippen LogP contribution in [0.4, 0.5) is 5.69 Å². The summed E-state index contributed by atoms with van der Waals surface area (Å²) in [6.45, 7) is 0. The van der Waals surface area contributed by atoms with Gasteiger partial charge in [-0.1, -0.05) is 60.1 Å². The SMILES string of the molecule is CN(c1ccccc1)C1(CCl)N=c2ccc(Cl)cc2=C(c2ccccc2)N1O. The Labute approximate surface area is 173 Å². The maximum absolute atomic E-state index is 11.4. The Hall–Kier alpha value is -2.53. The lowest BCUT2D eigenvalue weighted by Crippen LogP contribution is -2.63. The number of nitrogens with zero attached hydrogens (tertiary/aromatic N) is 3. The predicted octanol–water partition coefficient (Wildman–Crippen LogP) is 3.85. The van der Waals surface area contributed by atoms with Gasteiger partial charge < -0.3 is 4.90 Å². The first-order valence-electron chi connectivity index (χ1n) is 8.86. The molecular formula is C22H19Cl2N3O. The molecular weight excluding hydrogens is 393 g/mol. The van der Waals surface area contributed by atoms with Gasteiger partial charge in [-0.25, -0.2) is 10.1 Å². The Bertz CT molecular complexity index is 1110. The molecule has 0 spiro atoms. The molecule has 4 nitrogen and oxygen atoms in total. The molecule has 0 saturated heterocycles. The lowest BCUT2D eigenvalue weighted by molar-refractivity contribution is -0.110.